The van der Waals surface area contributed by atoms with Crippen LogP contribution in [0.1, 0.15) is 38.9 Å². The molecule has 0 saturated heterocycles. The second-order valence-electron chi connectivity index (χ2n) is 5.39. The first-order valence-electron chi connectivity index (χ1n) is 7.66. The largest absolute Gasteiger partial charge is 0.377 e. The Labute approximate surface area is 127 Å². The first-order chi connectivity index (χ1) is 10.2. The van der Waals surface area contributed by atoms with Crippen LogP contribution in [0.2, 0.25) is 0 Å². The summed E-state index contributed by atoms with van der Waals surface area (Å²) in [5.41, 5.74) is 2.21. The number of nitrogens with one attached hydrogen (secondary N) is 1. The van der Waals surface area contributed by atoms with Crippen LogP contribution in [0.25, 0.3) is 5.69 Å². The van der Waals surface area contributed by atoms with Gasteiger partial charge in [-0.2, -0.15) is 5.10 Å². The van der Waals surface area contributed by atoms with Crippen molar-refractivity contribution in [3.8, 4) is 5.69 Å². The molecule has 4 nitrogen and oxygen atoms in total. The predicted octanol–water partition coefficient (Wildman–Crippen LogP) is 3.34. The van der Waals surface area contributed by atoms with Gasteiger partial charge in [0.05, 0.1) is 30.1 Å². The third-order valence-electron chi connectivity index (χ3n) is 3.27. The van der Waals surface area contributed by atoms with Gasteiger partial charge in [0.1, 0.15) is 0 Å². The van der Waals surface area contributed by atoms with Crippen molar-refractivity contribution in [3.63, 3.8) is 0 Å². The van der Waals surface area contributed by atoms with Gasteiger partial charge in [-0.1, -0.05) is 25.1 Å². The lowest BCUT2D eigenvalue weighted by molar-refractivity contribution is 0.0599. The number of aromatic nitrogens is 2. The second kappa shape index (κ2) is 7.96. The number of hydrogen-bond donors (Lipinski definition) is 1. The summed E-state index contributed by atoms with van der Waals surface area (Å²) >= 11 is 0. The molecule has 0 amide bonds. The number of rotatable bonds is 8. The molecule has 2 aromatic rings. The SMILES string of the molecule is CCCNC(COC(C)C)c1ccnn1-c1ccccc1. The van der Waals surface area contributed by atoms with Crippen LogP contribution in [-0.4, -0.2) is 29.0 Å². The Bertz CT molecular complexity index is 522. The zero-order chi connectivity index (χ0) is 15.1. The molecular formula is C17H25N3O. The molecule has 1 N–H and O–H groups in total. The molecule has 1 heterocycles. The first-order valence-corrected chi connectivity index (χ1v) is 7.66. The van der Waals surface area contributed by atoms with Gasteiger partial charge in [0.25, 0.3) is 0 Å². The summed E-state index contributed by atoms with van der Waals surface area (Å²) in [7, 11) is 0. The topological polar surface area (TPSA) is 39.1 Å². The summed E-state index contributed by atoms with van der Waals surface area (Å²) in [5.74, 6) is 0. The molecule has 2 rings (SSSR count). The van der Waals surface area contributed by atoms with Crippen molar-refractivity contribution < 1.29 is 4.74 Å². The minimum Gasteiger partial charge on any atom is -0.377 e. The Morgan fingerprint density at radius 2 is 1.95 bits per heavy atom. The summed E-state index contributed by atoms with van der Waals surface area (Å²) in [6.07, 6.45) is 3.17. The molecule has 21 heavy (non-hydrogen) atoms. The minimum atomic E-state index is 0.148. The van der Waals surface area contributed by atoms with Crippen LogP contribution >= 0.6 is 0 Å². The number of nitrogens with zero attached hydrogens (tertiary/aromatic N) is 2. The third kappa shape index (κ3) is 4.41. The van der Waals surface area contributed by atoms with Gasteiger partial charge in [0, 0.05) is 6.20 Å². The van der Waals surface area contributed by atoms with E-state index in [1.807, 2.05) is 29.1 Å². The van der Waals surface area contributed by atoms with E-state index in [1.54, 1.807) is 0 Å². The van der Waals surface area contributed by atoms with Gasteiger partial charge >= 0.3 is 0 Å². The Balaban J connectivity index is 2.21. The number of ether oxygens (including phenoxy) is 1. The second-order valence-corrected chi connectivity index (χ2v) is 5.39. The third-order valence-corrected chi connectivity index (χ3v) is 3.27. The van der Waals surface area contributed by atoms with Crippen molar-refractivity contribution in [1.29, 1.82) is 0 Å². The van der Waals surface area contributed by atoms with E-state index in [0.717, 1.165) is 24.3 Å². The predicted molar refractivity (Wildman–Crippen MR) is 85.7 cm³/mol. The van der Waals surface area contributed by atoms with Crippen molar-refractivity contribution in [2.24, 2.45) is 0 Å². The molecule has 0 bridgehead atoms. The Morgan fingerprint density at radius 3 is 2.62 bits per heavy atom. The van der Waals surface area contributed by atoms with E-state index in [1.165, 1.54) is 0 Å². The average molecular weight is 287 g/mol. The lowest BCUT2D eigenvalue weighted by Crippen LogP contribution is -2.29. The fourth-order valence-electron chi connectivity index (χ4n) is 2.22. The molecule has 0 spiro atoms. The minimum absolute atomic E-state index is 0.148. The van der Waals surface area contributed by atoms with Crippen molar-refractivity contribution in [3.05, 3.63) is 48.3 Å². The van der Waals surface area contributed by atoms with Gasteiger partial charge in [-0.25, -0.2) is 4.68 Å². The molecule has 0 aliphatic carbocycles. The van der Waals surface area contributed by atoms with Gasteiger partial charge in [0.2, 0.25) is 0 Å². The Morgan fingerprint density at radius 1 is 1.19 bits per heavy atom. The molecule has 0 radical (unpaired) electrons. The lowest BCUT2D eigenvalue weighted by Gasteiger charge is -2.21. The van der Waals surface area contributed by atoms with Crippen LogP contribution in [0.15, 0.2) is 42.6 Å². The summed E-state index contributed by atoms with van der Waals surface area (Å²) in [6, 6.07) is 12.4. The van der Waals surface area contributed by atoms with Crippen LogP contribution in [-0.2, 0) is 4.74 Å². The molecule has 1 atom stereocenters. The normalized spacial score (nSPS) is 12.8. The average Bonchev–Trinajstić information content (AvgIpc) is 2.97. The van der Waals surface area contributed by atoms with Crippen molar-refractivity contribution in [2.45, 2.75) is 39.3 Å². The highest BCUT2D eigenvalue weighted by Gasteiger charge is 2.17. The smallest absolute Gasteiger partial charge is 0.0734 e. The molecule has 4 heteroatoms. The number of benzene rings is 1. The van der Waals surface area contributed by atoms with E-state index in [-0.39, 0.29) is 12.1 Å². The monoisotopic (exact) mass is 287 g/mol. The summed E-state index contributed by atoms with van der Waals surface area (Å²) in [4.78, 5) is 0. The number of hydrogen-bond acceptors (Lipinski definition) is 3. The summed E-state index contributed by atoms with van der Waals surface area (Å²) in [6.45, 7) is 7.90. The van der Waals surface area contributed by atoms with Crippen molar-refractivity contribution >= 4 is 0 Å². The van der Waals surface area contributed by atoms with E-state index in [9.17, 15) is 0 Å². The zero-order valence-corrected chi connectivity index (χ0v) is 13.1. The van der Waals surface area contributed by atoms with Crippen LogP contribution in [0.3, 0.4) is 0 Å². The molecule has 1 aromatic carbocycles. The Hall–Kier alpha value is -1.65. The van der Waals surface area contributed by atoms with E-state index in [0.29, 0.717) is 6.61 Å². The molecular weight excluding hydrogens is 262 g/mol. The van der Waals surface area contributed by atoms with Gasteiger partial charge in [-0.15, -0.1) is 0 Å². The Kier molecular flexibility index (Phi) is 5.96. The van der Waals surface area contributed by atoms with E-state index < -0.39 is 0 Å². The van der Waals surface area contributed by atoms with Crippen LogP contribution in [0.4, 0.5) is 0 Å². The number of para-hydroxylation sites is 1. The molecule has 0 aliphatic heterocycles. The summed E-state index contributed by atoms with van der Waals surface area (Å²) in [5, 5.41) is 8.02. The molecule has 1 aromatic heterocycles. The van der Waals surface area contributed by atoms with Crippen molar-refractivity contribution in [2.75, 3.05) is 13.2 Å². The van der Waals surface area contributed by atoms with Gasteiger partial charge < -0.3 is 10.1 Å². The molecule has 114 valence electrons. The quantitative estimate of drug-likeness (QED) is 0.809. The fraction of sp³-hybridized carbons (Fsp3) is 0.471. The standard InChI is InChI=1S/C17H25N3O/c1-4-11-18-16(13-21-14(2)3)17-10-12-19-20(17)15-8-6-5-7-9-15/h5-10,12,14,16,18H,4,11,13H2,1-3H3. The highest BCUT2D eigenvalue weighted by molar-refractivity contribution is 5.33. The fourth-order valence-corrected chi connectivity index (χ4v) is 2.22. The molecule has 0 fully saturated rings. The molecule has 0 saturated carbocycles. The van der Waals surface area contributed by atoms with Crippen LogP contribution in [0.5, 0.6) is 0 Å². The molecule has 0 aliphatic rings. The van der Waals surface area contributed by atoms with Gasteiger partial charge in [-0.3, -0.25) is 0 Å². The highest BCUT2D eigenvalue weighted by Crippen LogP contribution is 2.18. The summed E-state index contributed by atoms with van der Waals surface area (Å²) < 4.78 is 7.80. The van der Waals surface area contributed by atoms with Crippen LogP contribution < -0.4 is 5.32 Å². The van der Waals surface area contributed by atoms with Crippen LogP contribution in [0, 0.1) is 0 Å². The maximum Gasteiger partial charge on any atom is 0.0734 e. The van der Waals surface area contributed by atoms with E-state index in [4.69, 9.17) is 4.74 Å². The highest BCUT2D eigenvalue weighted by atomic mass is 16.5. The van der Waals surface area contributed by atoms with E-state index in [2.05, 4.69) is 49.4 Å². The molecule has 1 unspecified atom stereocenters. The zero-order valence-electron chi connectivity index (χ0n) is 13.1. The maximum absolute atomic E-state index is 5.81. The maximum atomic E-state index is 5.81. The lowest BCUT2D eigenvalue weighted by atomic mass is 10.2. The van der Waals surface area contributed by atoms with Crippen molar-refractivity contribution in [1.82, 2.24) is 15.1 Å². The van der Waals surface area contributed by atoms with E-state index >= 15 is 0 Å². The van der Waals surface area contributed by atoms with Gasteiger partial charge in [-0.05, 0) is 45.0 Å². The first kappa shape index (κ1) is 15.7. The van der Waals surface area contributed by atoms with Gasteiger partial charge in [0.15, 0.2) is 0 Å².